The molecule has 2 N–H and O–H groups in total. The minimum atomic E-state index is -4.57. The lowest BCUT2D eigenvalue weighted by molar-refractivity contribution is -0.137. The highest BCUT2D eigenvalue weighted by molar-refractivity contribution is 7.13. The van der Waals surface area contributed by atoms with E-state index in [1.165, 1.54) is 11.3 Å². The summed E-state index contributed by atoms with van der Waals surface area (Å²) >= 11 is 1.44. The number of nitrogens with one attached hydrogen (secondary N) is 2. The van der Waals surface area contributed by atoms with Crippen LogP contribution < -0.4 is 15.5 Å². The monoisotopic (exact) mass is 555 g/mol. The zero-order valence-electron chi connectivity index (χ0n) is 20.1. The maximum absolute atomic E-state index is 13.4. The van der Waals surface area contributed by atoms with Gasteiger partial charge >= 0.3 is 12.2 Å². The highest BCUT2D eigenvalue weighted by atomic mass is 32.1. The molecule has 200 valence electrons. The van der Waals surface area contributed by atoms with Crippen LogP contribution in [0.2, 0.25) is 0 Å². The van der Waals surface area contributed by atoms with E-state index >= 15 is 0 Å². The molecular weight excluding hydrogens is 535 g/mol. The smallest absolute Gasteiger partial charge is 0.402 e. The third-order valence-electron chi connectivity index (χ3n) is 6.13. The molecule has 0 radical (unpaired) electrons. The first kappa shape index (κ1) is 25.0. The molecule has 0 bridgehead atoms. The van der Waals surface area contributed by atoms with Crippen molar-refractivity contribution in [2.45, 2.75) is 12.3 Å². The van der Waals surface area contributed by atoms with Crippen LogP contribution in [0, 0.1) is 0 Å². The van der Waals surface area contributed by atoms with Crippen LogP contribution >= 0.6 is 11.3 Å². The number of alkyl halides is 3. The van der Waals surface area contributed by atoms with Crippen LogP contribution in [0.4, 0.5) is 30.6 Å². The number of aliphatic imine (C=N–C) groups is 1. The fourth-order valence-electron chi connectivity index (χ4n) is 4.25. The average Bonchev–Trinajstić information content (AvgIpc) is 3.58. The molecular formula is C25H20F3N7O3S. The lowest BCUT2D eigenvalue weighted by atomic mass is 10.1. The molecule has 1 atom stereocenters. The van der Waals surface area contributed by atoms with Crippen LogP contribution in [-0.4, -0.2) is 59.3 Å². The molecule has 0 aliphatic carbocycles. The van der Waals surface area contributed by atoms with Crippen LogP contribution in [0.1, 0.15) is 16.0 Å². The maximum atomic E-state index is 13.4. The van der Waals surface area contributed by atoms with Crippen LogP contribution in [-0.2, 0) is 15.7 Å². The van der Waals surface area contributed by atoms with Gasteiger partial charge in [0.1, 0.15) is 0 Å². The number of rotatable bonds is 5. The molecule has 1 aromatic carbocycles. The SMILES string of the molecule is O=C1Nc2ccsc2C(c2ccccc2)=NC1Nc1nnc(-c2ncc(C(F)(F)F)cc2N2CCOCC2)o1. The predicted octanol–water partition coefficient (Wildman–Crippen LogP) is 4.28. The lowest BCUT2D eigenvalue weighted by Gasteiger charge is -2.30. The molecule has 1 unspecified atom stereocenters. The van der Waals surface area contributed by atoms with E-state index in [1.54, 1.807) is 11.0 Å². The number of hydrogen-bond acceptors (Lipinski definition) is 10. The van der Waals surface area contributed by atoms with Gasteiger partial charge in [-0.2, -0.15) is 13.2 Å². The van der Waals surface area contributed by atoms with E-state index in [-0.39, 0.29) is 23.3 Å². The number of carbonyl (C=O) groups is 1. The Hall–Kier alpha value is -4.30. The van der Waals surface area contributed by atoms with Gasteiger partial charge in [0.05, 0.1) is 40.7 Å². The molecule has 1 saturated heterocycles. The van der Waals surface area contributed by atoms with Crippen molar-refractivity contribution in [2.24, 2.45) is 4.99 Å². The molecule has 14 heteroatoms. The van der Waals surface area contributed by atoms with E-state index in [0.717, 1.165) is 22.7 Å². The number of morpholine rings is 1. The molecule has 6 rings (SSSR count). The Balaban J connectivity index is 1.33. The van der Waals surface area contributed by atoms with Gasteiger partial charge in [-0.15, -0.1) is 16.4 Å². The van der Waals surface area contributed by atoms with Gasteiger partial charge < -0.3 is 24.7 Å². The number of fused-ring (bicyclic) bond motifs is 1. The molecule has 5 heterocycles. The average molecular weight is 556 g/mol. The molecule has 4 aromatic rings. The van der Waals surface area contributed by atoms with Crippen LogP contribution in [0.5, 0.6) is 0 Å². The van der Waals surface area contributed by atoms with E-state index in [9.17, 15) is 18.0 Å². The highest BCUT2D eigenvalue weighted by Gasteiger charge is 2.34. The highest BCUT2D eigenvalue weighted by Crippen LogP contribution is 2.36. The Morgan fingerprint density at radius 2 is 1.90 bits per heavy atom. The van der Waals surface area contributed by atoms with Crippen molar-refractivity contribution in [3.8, 4) is 11.6 Å². The van der Waals surface area contributed by atoms with E-state index < -0.39 is 23.8 Å². The van der Waals surface area contributed by atoms with E-state index in [4.69, 9.17) is 9.15 Å². The number of anilines is 3. The number of amides is 1. The summed E-state index contributed by atoms with van der Waals surface area (Å²) in [5, 5.41) is 15.5. The summed E-state index contributed by atoms with van der Waals surface area (Å²) < 4.78 is 51.4. The number of thiophene rings is 1. The van der Waals surface area contributed by atoms with Crippen LogP contribution in [0.25, 0.3) is 11.6 Å². The summed E-state index contributed by atoms with van der Waals surface area (Å²) in [6.45, 7) is 1.46. The van der Waals surface area contributed by atoms with Gasteiger partial charge in [-0.25, -0.2) is 9.98 Å². The summed E-state index contributed by atoms with van der Waals surface area (Å²) in [7, 11) is 0. The summed E-state index contributed by atoms with van der Waals surface area (Å²) in [4.78, 5) is 24.2. The third-order valence-corrected chi connectivity index (χ3v) is 7.05. The number of nitrogens with zero attached hydrogens (tertiary/aromatic N) is 5. The fraction of sp³-hybridized carbons (Fsp3) is 0.240. The van der Waals surface area contributed by atoms with Gasteiger partial charge in [0.25, 0.3) is 11.8 Å². The van der Waals surface area contributed by atoms with Crippen LogP contribution in [0.3, 0.4) is 0 Å². The van der Waals surface area contributed by atoms with Crippen molar-refractivity contribution >= 4 is 40.3 Å². The largest absolute Gasteiger partial charge is 0.417 e. The number of pyridine rings is 1. The van der Waals surface area contributed by atoms with E-state index in [2.05, 4.69) is 30.8 Å². The van der Waals surface area contributed by atoms with Gasteiger partial charge in [0, 0.05) is 24.8 Å². The zero-order chi connectivity index (χ0) is 27.0. The second-order valence-corrected chi connectivity index (χ2v) is 9.56. The first-order valence-corrected chi connectivity index (χ1v) is 12.8. The lowest BCUT2D eigenvalue weighted by Crippen LogP contribution is -2.36. The normalized spacial score (nSPS) is 17.7. The summed E-state index contributed by atoms with van der Waals surface area (Å²) in [6, 6.07) is 12.1. The second kappa shape index (κ2) is 10.1. The van der Waals surface area contributed by atoms with Crippen LogP contribution in [0.15, 0.2) is 63.5 Å². The Bertz CT molecular complexity index is 1530. The Morgan fingerprint density at radius 3 is 2.67 bits per heavy atom. The first-order valence-electron chi connectivity index (χ1n) is 11.9. The summed E-state index contributed by atoms with van der Waals surface area (Å²) in [5.41, 5.74) is 1.45. The van der Waals surface area contributed by atoms with Crippen molar-refractivity contribution in [1.82, 2.24) is 15.2 Å². The van der Waals surface area contributed by atoms with E-state index in [1.807, 2.05) is 35.7 Å². The standard InChI is InChI=1S/C25H20F3N7O3S/c26-25(27,28)15-12-17(35-7-9-37-10-8-35)19(29-13-15)23-33-34-24(38-23)32-21-22(36)30-16-6-11-39-20(16)18(31-21)14-4-2-1-3-5-14/h1-6,11-13,21H,7-10H2,(H,30,36)(H,32,34). The van der Waals surface area contributed by atoms with E-state index in [0.29, 0.717) is 37.7 Å². The number of carbonyl (C=O) groups excluding carboxylic acids is 1. The second-order valence-electron chi connectivity index (χ2n) is 8.64. The quantitative estimate of drug-likeness (QED) is 0.375. The van der Waals surface area contributed by atoms with Gasteiger partial charge in [0.15, 0.2) is 5.69 Å². The third kappa shape index (κ3) is 5.07. The molecule has 0 spiro atoms. The number of benzene rings is 1. The number of ether oxygens (including phenoxy) is 1. The maximum Gasteiger partial charge on any atom is 0.417 e. The van der Waals surface area contributed by atoms with Crippen molar-refractivity contribution in [3.63, 3.8) is 0 Å². The summed E-state index contributed by atoms with van der Waals surface area (Å²) in [6.07, 6.45) is -4.96. The molecule has 39 heavy (non-hydrogen) atoms. The number of halogens is 3. The Morgan fingerprint density at radius 1 is 1.10 bits per heavy atom. The molecule has 2 aliphatic rings. The summed E-state index contributed by atoms with van der Waals surface area (Å²) in [5.74, 6) is -0.546. The molecule has 2 aliphatic heterocycles. The van der Waals surface area contributed by atoms with Gasteiger partial charge in [-0.3, -0.25) is 4.79 Å². The molecule has 3 aromatic heterocycles. The minimum Gasteiger partial charge on any atom is -0.402 e. The van der Waals surface area contributed by atoms with Gasteiger partial charge in [-0.1, -0.05) is 35.4 Å². The van der Waals surface area contributed by atoms with Crippen molar-refractivity contribution in [3.05, 3.63) is 70.0 Å². The number of aromatic nitrogens is 3. The molecule has 1 amide bonds. The topological polar surface area (TPSA) is 118 Å². The Labute approximate surface area is 223 Å². The zero-order valence-corrected chi connectivity index (χ0v) is 20.9. The minimum absolute atomic E-state index is 0.0893. The first-order chi connectivity index (χ1) is 18.9. The fourth-order valence-corrected chi connectivity index (χ4v) is 5.12. The molecule has 0 saturated carbocycles. The van der Waals surface area contributed by atoms with Crippen molar-refractivity contribution in [2.75, 3.05) is 41.8 Å². The van der Waals surface area contributed by atoms with Gasteiger partial charge in [-0.05, 0) is 17.5 Å². The van der Waals surface area contributed by atoms with Crippen molar-refractivity contribution < 1.29 is 27.1 Å². The molecule has 10 nitrogen and oxygen atoms in total. The number of hydrogen-bond donors (Lipinski definition) is 2. The molecule has 1 fully saturated rings. The van der Waals surface area contributed by atoms with Gasteiger partial charge in [0.2, 0.25) is 6.17 Å². The predicted molar refractivity (Wildman–Crippen MR) is 138 cm³/mol. The Kier molecular flexibility index (Phi) is 6.48. The van der Waals surface area contributed by atoms with Crippen molar-refractivity contribution in [1.29, 1.82) is 0 Å².